The molecular formula is C28H27NO5. The van der Waals surface area contributed by atoms with Gasteiger partial charge in [-0.2, -0.15) is 0 Å². The van der Waals surface area contributed by atoms with Crippen LogP contribution in [-0.4, -0.2) is 30.0 Å². The molecule has 4 rings (SSSR count). The minimum absolute atomic E-state index is 0.000102. The number of aryl methyl sites for hydroxylation is 1. The number of nitrogens with zero attached hydrogens (tertiary/aromatic N) is 1. The van der Waals surface area contributed by atoms with Crippen molar-refractivity contribution in [3.63, 3.8) is 0 Å². The van der Waals surface area contributed by atoms with E-state index in [9.17, 15) is 14.7 Å². The van der Waals surface area contributed by atoms with Crippen LogP contribution in [0.5, 0.6) is 11.5 Å². The summed E-state index contributed by atoms with van der Waals surface area (Å²) in [6, 6.07) is 20.5. The summed E-state index contributed by atoms with van der Waals surface area (Å²) in [4.78, 5) is 28.0. The fraction of sp³-hybridized carbons (Fsp3) is 0.214. The maximum Gasteiger partial charge on any atom is 0.300 e. The van der Waals surface area contributed by atoms with Gasteiger partial charge in [-0.1, -0.05) is 36.4 Å². The molecule has 1 atom stereocenters. The van der Waals surface area contributed by atoms with Gasteiger partial charge in [-0.05, 0) is 62.7 Å². The quantitative estimate of drug-likeness (QED) is 0.304. The van der Waals surface area contributed by atoms with Gasteiger partial charge in [-0.15, -0.1) is 0 Å². The molecule has 1 unspecified atom stereocenters. The smallest absolute Gasteiger partial charge is 0.300 e. The van der Waals surface area contributed by atoms with E-state index in [1.807, 2.05) is 39.0 Å². The molecule has 0 bridgehead atoms. The van der Waals surface area contributed by atoms with E-state index >= 15 is 0 Å². The van der Waals surface area contributed by atoms with Crippen LogP contribution in [0.25, 0.3) is 5.76 Å². The van der Waals surface area contributed by atoms with Gasteiger partial charge in [0.25, 0.3) is 11.7 Å². The molecule has 1 aliphatic heterocycles. The maximum absolute atomic E-state index is 13.3. The van der Waals surface area contributed by atoms with Gasteiger partial charge in [-0.3, -0.25) is 14.5 Å². The Hall–Kier alpha value is -4.06. The van der Waals surface area contributed by atoms with Crippen molar-refractivity contribution in [2.75, 3.05) is 12.0 Å². The summed E-state index contributed by atoms with van der Waals surface area (Å²) in [7, 11) is 1.53. The first-order valence-electron chi connectivity index (χ1n) is 11.1. The van der Waals surface area contributed by atoms with Crippen LogP contribution in [0.15, 0.2) is 78.4 Å². The second kappa shape index (κ2) is 9.43. The standard InChI is InChI=1S/C28H27NO5/c1-17(2)34-22-15-14-19(16-18(22)3)26(30)24-25(21-12-8-9-13-23(21)33-4)29(28(32)27(24)31)20-10-6-5-7-11-20/h5-17,25,30H,1-4H3/b26-24+. The molecule has 3 aromatic carbocycles. The first-order chi connectivity index (χ1) is 16.3. The van der Waals surface area contributed by atoms with Crippen molar-refractivity contribution in [3.05, 3.63) is 95.1 Å². The monoisotopic (exact) mass is 457 g/mol. The number of benzene rings is 3. The Labute approximate surface area is 199 Å². The molecule has 1 N–H and O–H groups in total. The second-order valence-corrected chi connectivity index (χ2v) is 8.39. The van der Waals surface area contributed by atoms with Crippen LogP contribution in [0.4, 0.5) is 5.69 Å². The number of carbonyl (C=O) groups is 2. The molecule has 174 valence electrons. The third kappa shape index (κ3) is 4.15. The predicted molar refractivity (Wildman–Crippen MR) is 131 cm³/mol. The average Bonchev–Trinajstić information content (AvgIpc) is 3.10. The Balaban J connectivity index is 1.92. The fourth-order valence-electron chi connectivity index (χ4n) is 4.21. The van der Waals surface area contributed by atoms with Crippen LogP contribution < -0.4 is 14.4 Å². The number of hydrogen-bond donors (Lipinski definition) is 1. The SMILES string of the molecule is COc1ccccc1C1/C(=C(\O)c2ccc(OC(C)C)c(C)c2)C(=O)C(=O)N1c1ccccc1. The Morgan fingerprint density at radius 1 is 0.941 bits per heavy atom. The van der Waals surface area contributed by atoms with Crippen molar-refractivity contribution in [1.82, 2.24) is 0 Å². The van der Waals surface area contributed by atoms with Crippen LogP contribution in [0.3, 0.4) is 0 Å². The predicted octanol–water partition coefficient (Wildman–Crippen LogP) is 5.42. The molecule has 1 amide bonds. The first kappa shape index (κ1) is 23.1. The Bertz CT molecular complexity index is 1260. The van der Waals surface area contributed by atoms with Gasteiger partial charge in [0, 0.05) is 16.8 Å². The molecule has 0 radical (unpaired) electrons. The van der Waals surface area contributed by atoms with Crippen LogP contribution in [0.2, 0.25) is 0 Å². The van der Waals surface area contributed by atoms with E-state index in [2.05, 4.69) is 0 Å². The van der Waals surface area contributed by atoms with E-state index in [0.717, 1.165) is 5.56 Å². The van der Waals surface area contributed by atoms with Gasteiger partial charge in [0.15, 0.2) is 0 Å². The van der Waals surface area contributed by atoms with E-state index in [1.54, 1.807) is 54.6 Å². The second-order valence-electron chi connectivity index (χ2n) is 8.39. The average molecular weight is 458 g/mol. The molecule has 0 saturated carbocycles. The van der Waals surface area contributed by atoms with Gasteiger partial charge >= 0.3 is 0 Å². The normalized spacial score (nSPS) is 17.3. The summed E-state index contributed by atoms with van der Waals surface area (Å²) < 4.78 is 11.3. The number of methoxy groups -OCH3 is 1. The van der Waals surface area contributed by atoms with Crippen LogP contribution in [0.1, 0.15) is 36.6 Å². The molecule has 6 nitrogen and oxygen atoms in total. The van der Waals surface area contributed by atoms with Crippen molar-refractivity contribution in [2.45, 2.75) is 32.9 Å². The molecule has 0 spiro atoms. The number of aliphatic hydroxyl groups is 1. The largest absolute Gasteiger partial charge is 0.507 e. The zero-order chi connectivity index (χ0) is 24.4. The highest BCUT2D eigenvalue weighted by Gasteiger charge is 2.47. The van der Waals surface area contributed by atoms with Gasteiger partial charge in [0.2, 0.25) is 0 Å². The Morgan fingerprint density at radius 3 is 2.26 bits per heavy atom. The topological polar surface area (TPSA) is 76.1 Å². The number of rotatable bonds is 6. The molecule has 1 fully saturated rings. The molecule has 1 saturated heterocycles. The zero-order valence-corrected chi connectivity index (χ0v) is 19.6. The lowest BCUT2D eigenvalue weighted by Crippen LogP contribution is -2.29. The molecule has 34 heavy (non-hydrogen) atoms. The minimum atomic E-state index is -0.856. The third-order valence-electron chi connectivity index (χ3n) is 5.72. The third-order valence-corrected chi connectivity index (χ3v) is 5.72. The van der Waals surface area contributed by atoms with Gasteiger partial charge < -0.3 is 14.6 Å². The van der Waals surface area contributed by atoms with Crippen molar-refractivity contribution in [3.8, 4) is 11.5 Å². The summed E-state index contributed by atoms with van der Waals surface area (Å²) in [6.45, 7) is 5.74. The van der Waals surface area contributed by atoms with E-state index in [0.29, 0.717) is 28.3 Å². The maximum atomic E-state index is 13.3. The van der Waals surface area contributed by atoms with E-state index in [-0.39, 0.29) is 17.4 Å². The number of ether oxygens (including phenoxy) is 2. The van der Waals surface area contributed by atoms with Gasteiger partial charge in [0.05, 0.1) is 24.8 Å². The molecule has 1 heterocycles. The summed E-state index contributed by atoms with van der Waals surface area (Å²) in [5.41, 5.74) is 2.40. The minimum Gasteiger partial charge on any atom is -0.507 e. The number of Topliss-reactive ketones (excluding diaryl/α,β-unsaturated/α-hetero) is 1. The number of aliphatic hydroxyl groups excluding tert-OH is 1. The molecule has 3 aromatic rings. The van der Waals surface area contributed by atoms with Crippen molar-refractivity contribution in [2.24, 2.45) is 0 Å². The number of anilines is 1. The van der Waals surface area contributed by atoms with Crippen LogP contribution >= 0.6 is 0 Å². The molecule has 6 heteroatoms. The summed E-state index contributed by atoms with van der Waals surface area (Å²) in [5.74, 6) is -0.500. The number of hydrogen-bond acceptors (Lipinski definition) is 5. The molecule has 0 aliphatic carbocycles. The van der Waals surface area contributed by atoms with Crippen LogP contribution in [-0.2, 0) is 9.59 Å². The zero-order valence-electron chi connectivity index (χ0n) is 19.6. The van der Waals surface area contributed by atoms with Gasteiger partial charge in [-0.25, -0.2) is 0 Å². The number of ketones is 1. The van der Waals surface area contributed by atoms with Crippen molar-refractivity contribution >= 4 is 23.1 Å². The summed E-state index contributed by atoms with van der Waals surface area (Å²) in [5, 5.41) is 11.4. The van der Waals surface area contributed by atoms with E-state index in [4.69, 9.17) is 9.47 Å². The highest BCUT2D eigenvalue weighted by Crippen LogP contribution is 2.45. The first-order valence-corrected chi connectivity index (χ1v) is 11.1. The number of amides is 1. The summed E-state index contributed by atoms with van der Waals surface area (Å²) in [6.07, 6.45) is -0.000102. The Kier molecular flexibility index (Phi) is 6.41. The lowest BCUT2D eigenvalue weighted by atomic mass is 9.94. The van der Waals surface area contributed by atoms with Crippen molar-refractivity contribution in [1.29, 1.82) is 0 Å². The molecule has 1 aliphatic rings. The van der Waals surface area contributed by atoms with Crippen molar-refractivity contribution < 1.29 is 24.2 Å². The van der Waals surface area contributed by atoms with Crippen LogP contribution in [0, 0.1) is 6.92 Å². The van der Waals surface area contributed by atoms with E-state index < -0.39 is 17.7 Å². The Morgan fingerprint density at radius 2 is 1.62 bits per heavy atom. The van der Waals surface area contributed by atoms with E-state index in [1.165, 1.54) is 12.0 Å². The molecular weight excluding hydrogens is 430 g/mol. The molecule has 0 aromatic heterocycles. The number of carbonyl (C=O) groups excluding carboxylic acids is 2. The lowest BCUT2D eigenvalue weighted by molar-refractivity contribution is -0.132. The highest BCUT2D eigenvalue weighted by atomic mass is 16.5. The summed E-state index contributed by atoms with van der Waals surface area (Å²) >= 11 is 0. The fourth-order valence-corrected chi connectivity index (χ4v) is 4.21. The van der Waals surface area contributed by atoms with Gasteiger partial charge in [0.1, 0.15) is 17.3 Å². The lowest BCUT2D eigenvalue weighted by Gasteiger charge is -2.26. The number of para-hydroxylation sites is 2. The highest BCUT2D eigenvalue weighted by molar-refractivity contribution is 6.51.